The van der Waals surface area contributed by atoms with Gasteiger partial charge in [0.25, 0.3) is 5.91 Å². The van der Waals surface area contributed by atoms with Crippen molar-refractivity contribution in [3.63, 3.8) is 0 Å². The third kappa shape index (κ3) is 9.17. The number of alkyl halides is 3. The summed E-state index contributed by atoms with van der Waals surface area (Å²) in [5, 5.41) is 13.4. The van der Waals surface area contributed by atoms with Gasteiger partial charge < -0.3 is 20.5 Å². The summed E-state index contributed by atoms with van der Waals surface area (Å²) in [4.78, 5) is 19.7. The maximum absolute atomic E-state index is 12.0. The number of aliphatic hydroxyl groups excluding tert-OH is 1. The standard InChI is InChI=1S/C15H15F3N4O2.C3H8O/c1-19-12-6-10(4-5-20-12)7-22-14(23)11-2-3-13(21-8-11)24-9-15(16,17)18;1-2-3-4/h2-6,8H,7,9H2,1H3,(H,19,20)(H,22,23);4H,2-3H2,1H3. The second kappa shape index (κ2) is 11.8. The number of ether oxygens (including phenoxy) is 1. The zero-order chi connectivity index (χ0) is 21.0. The summed E-state index contributed by atoms with van der Waals surface area (Å²) in [5.41, 5.74) is 1.07. The molecule has 2 heterocycles. The molecule has 1 amide bonds. The van der Waals surface area contributed by atoms with E-state index in [-0.39, 0.29) is 18.0 Å². The molecule has 0 aromatic carbocycles. The summed E-state index contributed by atoms with van der Waals surface area (Å²) in [5.74, 6) is 0.0824. The van der Waals surface area contributed by atoms with Gasteiger partial charge in [-0.1, -0.05) is 6.92 Å². The van der Waals surface area contributed by atoms with E-state index in [1.54, 1.807) is 25.4 Å². The molecule has 2 aromatic heterocycles. The fourth-order valence-corrected chi connectivity index (χ4v) is 1.76. The van der Waals surface area contributed by atoms with Gasteiger partial charge >= 0.3 is 6.18 Å². The molecule has 0 radical (unpaired) electrons. The molecular formula is C18H23F3N4O3. The number of pyridine rings is 2. The van der Waals surface area contributed by atoms with Crippen LogP contribution in [0.5, 0.6) is 5.88 Å². The van der Waals surface area contributed by atoms with Gasteiger partial charge in [0.05, 0.1) is 5.56 Å². The summed E-state index contributed by atoms with van der Waals surface area (Å²) in [6, 6.07) is 6.10. The van der Waals surface area contributed by atoms with Gasteiger partial charge in [-0.2, -0.15) is 13.2 Å². The predicted octanol–water partition coefficient (Wildman–Crippen LogP) is 2.78. The zero-order valence-electron chi connectivity index (χ0n) is 15.6. The molecule has 0 unspecified atom stereocenters. The number of aromatic nitrogens is 2. The van der Waals surface area contributed by atoms with Crippen molar-refractivity contribution in [2.45, 2.75) is 26.1 Å². The molecule has 3 N–H and O–H groups in total. The second-order valence-electron chi connectivity index (χ2n) is 5.49. The van der Waals surface area contributed by atoms with Crippen LogP contribution < -0.4 is 15.4 Å². The van der Waals surface area contributed by atoms with Crippen molar-refractivity contribution in [1.82, 2.24) is 15.3 Å². The van der Waals surface area contributed by atoms with Crippen molar-refractivity contribution < 1.29 is 27.8 Å². The summed E-state index contributed by atoms with van der Waals surface area (Å²) in [7, 11) is 1.73. The molecule has 0 atom stereocenters. The first-order valence-corrected chi connectivity index (χ1v) is 8.46. The highest BCUT2D eigenvalue weighted by molar-refractivity contribution is 5.93. The minimum absolute atomic E-state index is 0.198. The Kier molecular flexibility index (Phi) is 9.72. The highest BCUT2D eigenvalue weighted by Gasteiger charge is 2.28. The molecule has 2 rings (SSSR count). The van der Waals surface area contributed by atoms with Crippen LogP contribution in [-0.4, -0.2) is 47.4 Å². The Bertz CT molecular complexity index is 723. The van der Waals surface area contributed by atoms with E-state index in [1.165, 1.54) is 12.1 Å². The van der Waals surface area contributed by atoms with Gasteiger partial charge in [0.15, 0.2) is 6.61 Å². The van der Waals surface area contributed by atoms with Crippen LogP contribution >= 0.6 is 0 Å². The van der Waals surface area contributed by atoms with Gasteiger partial charge in [-0.05, 0) is 30.2 Å². The fourth-order valence-electron chi connectivity index (χ4n) is 1.76. The van der Waals surface area contributed by atoms with E-state index in [0.29, 0.717) is 12.4 Å². The number of hydrogen-bond donors (Lipinski definition) is 3. The number of hydrogen-bond acceptors (Lipinski definition) is 6. The molecule has 0 aliphatic carbocycles. The Morgan fingerprint density at radius 2 is 1.96 bits per heavy atom. The third-order valence-electron chi connectivity index (χ3n) is 3.14. The molecule has 0 saturated carbocycles. The maximum Gasteiger partial charge on any atom is 0.422 e. The van der Waals surface area contributed by atoms with Crippen LogP contribution in [0.1, 0.15) is 29.3 Å². The van der Waals surface area contributed by atoms with E-state index in [4.69, 9.17) is 5.11 Å². The van der Waals surface area contributed by atoms with Gasteiger partial charge in [0, 0.05) is 38.7 Å². The van der Waals surface area contributed by atoms with E-state index in [0.717, 1.165) is 18.2 Å². The third-order valence-corrected chi connectivity index (χ3v) is 3.14. The summed E-state index contributed by atoms with van der Waals surface area (Å²) in [6.45, 7) is 1.10. The topological polar surface area (TPSA) is 96.4 Å². The Hall–Kier alpha value is -2.88. The number of rotatable bonds is 7. The average Bonchev–Trinajstić information content (AvgIpc) is 2.70. The smallest absolute Gasteiger partial charge is 0.422 e. The first-order valence-electron chi connectivity index (χ1n) is 8.46. The Morgan fingerprint density at radius 3 is 2.50 bits per heavy atom. The van der Waals surface area contributed by atoms with E-state index in [2.05, 4.69) is 25.3 Å². The van der Waals surface area contributed by atoms with Crippen LogP contribution in [0.25, 0.3) is 0 Å². The molecule has 10 heteroatoms. The summed E-state index contributed by atoms with van der Waals surface area (Å²) >= 11 is 0. The molecule has 7 nitrogen and oxygen atoms in total. The highest BCUT2D eigenvalue weighted by atomic mass is 19.4. The molecule has 2 aromatic rings. The Labute approximate surface area is 161 Å². The molecular weight excluding hydrogens is 377 g/mol. The Balaban J connectivity index is 0.000000892. The number of anilines is 1. The summed E-state index contributed by atoms with van der Waals surface area (Å²) < 4.78 is 40.6. The molecule has 0 aliphatic heterocycles. The average molecular weight is 400 g/mol. The van der Waals surface area contributed by atoms with Gasteiger partial charge in [-0.15, -0.1) is 0 Å². The van der Waals surface area contributed by atoms with Crippen molar-refractivity contribution in [3.05, 3.63) is 47.8 Å². The molecule has 0 aliphatic rings. The van der Waals surface area contributed by atoms with E-state index < -0.39 is 18.7 Å². The predicted molar refractivity (Wildman–Crippen MR) is 98.1 cm³/mol. The summed E-state index contributed by atoms with van der Waals surface area (Å²) in [6.07, 6.45) is -0.789. The van der Waals surface area contributed by atoms with Crippen molar-refractivity contribution in [2.24, 2.45) is 0 Å². The van der Waals surface area contributed by atoms with Gasteiger partial charge in [-0.3, -0.25) is 4.79 Å². The lowest BCUT2D eigenvalue weighted by Gasteiger charge is -2.09. The minimum atomic E-state index is -4.44. The van der Waals surface area contributed by atoms with Crippen molar-refractivity contribution in [3.8, 4) is 5.88 Å². The number of carbonyl (C=O) groups is 1. The largest absolute Gasteiger partial charge is 0.468 e. The monoisotopic (exact) mass is 400 g/mol. The van der Waals surface area contributed by atoms with E-state index in [9.17, 15) is 18.0 Å². The lowest BCUT2D eigenvalue weighted by Crippen LogP contribution is -2.23. The molecule has 0 bridgehead atoms. The van der Waals surface area contributed by atoms with E-state index in [1.807, 2.05) is 6.92 Å². The molecule has 0 saturated heterocycles. The SMILES string of the molecule is CCCO.CNc1cc(CNC(=O)c2ccc(OCC(F)(F)F)nc2)ccn1. The number of nitrogens with zero attached hydrogens (tertiary/aromatic N) is 2. The first kappa shape index (κ1) is 23.2. The van der Waals surface area contributed by atoms with Crippen LogP contribution in [-0.2, 0) is 6.54 Å². The van der Waals surface area contributed by atoms with Gasteiger partial charge in [-0.25, -0.2) is 9.97 Å². The number of amides is 1. The normalized spacial score (nSPS) is 10.5. The van der Waals surface area contributed by atoms with Crippen LogP contribution in [0.15, 0.2) is 36.7 Å². The van der Waals surface area contributed by atoms with Crippen molar-refractivity contribution in [1.29, 1.82) is 0 Å². The molecule has 28 heavy (non-hydrogen) atoms. The number of halogens is 3. The van der Waals surface area contributed by atoms with Crippen molar-refractivity contribution in [2.75, 3.05) is 25.6 Å². The molecule has 0 spiro atoms. The van der Waals surface area contributed by atoms with Crippen LogP contribution in [0.2, 0.25) is 0 Å². The zero-order valence-corrected chi connectivity index (χ0v) is 15.6. The van der Waals surface area contributed by atoms with Crippen LogP contribution in [0.4, 0.5) is 19.0 Å². The first-order chi connectivity index (χ1) is 13.3. The van der Waals surface area contributed by atoms with Gasteiger partial charge in [0.1, 0.15) is 5.82 Å². The second-order valence-corrected chi connectivity index (χ2v) is 5.49. The minimum Gasteiger partial charge on any atom is -0.468 e. The fraction of sp³-hybridized carbons (Fsp3) is 0.389. The number of carbonyl (C=O) groups excluding carboxylic acids is 1. The number of nitrogens with one attached hydrogen (secondary N) is 2. The molecule has 154 valence electrons. The highest BCUT2D eigenvalue weighted by Crippen LogP contribution is 2.17. The quantitative estimate of drug-likeness (QED) is 0.661. The maximum atomic E-state index is 12.0. The molecule has 0 fully saturated rings. The van der Waals surface area contributed by atoms with Gasteiger partial charge in [0.2, 0.25) is 5.88 Å². The lowest BCUT2D eigenvalue weighted by molar-refractivity contribution is -0.154. The lowest BCUT2D eigenvalue weighted by atomic mass is 10.2. The number of aliphatic hydroxyl groups is 1. The van der Waals surface area contributed by atoms with Crippen molar-refractivity contribution >= 4 is 11.7 Å². The Morgan fingerprint density at radius 1 is 1.25 bits per heavy atom. The van der Waals surface area contributed by atoms with Crippen LogP contribution in [0.3, 0.4) is 0 Å². The van der Waals surface area contributed by atoms with Crippen LogP contribution in [0, 0.1) is 0 Å². The van der Waals surface area contributed by atoms with E-state index >= 15 is 0 Å².